The van der Waals surface area contributed by atoms with Crippen molar-refractivity contribution in [1.29, 1.82) is 0 Å². The molecule has 0 saturated heterocycles. The summed E-state index contributed by atoms with van der Waals surface area (Å²) in [5.74, 6) is -1.20. The molecule has 1 aromatic heterocycles. The van der Waals surface area contributed by atoms with Crippen LogP contribution in [0.15, 0.2) is 103 Å². The Hall–Kier alpha value is -4.74. The van der Waals surface area contributed by atoms with Crippen LogP contribution in [0.25, 0.3) is 34.2 Å². The molecule has 204 valence electrons. The second kappa shape index (κ2) is 12.6. The van der Waals surface area contributed by atoms with Gasteiger partial charge in [0.05, 0.1) is 22.8 Å². The van der Waals surface area contributed by atoms with E-state index in [4.69, 9.17) is 11.6 Å². The Morgan fingerprint density at radius 3 is 2.34 bits per heavy atom. The van der Waals surface area contributed by atoms with E-state index < -0.39 is 12.0 Å². The van der Waals surface area contributed by atoms with Gasteiger partial charge in [-0.2, -0.15) is 0 Å². The number of carboxylic acid groups (broad SMARTS) is 1. The predicted octanol–water partition coefficient (Wildman–Crippen LogP) is 8.23. The zero-order valence-corrected chi connectivity index (χ0v) is 23.3. The van der Waals surface area contributed by atoms with Gasteiger partial charge in [-0.15, -0.1) is 0 Å². The number of pyridine rings is 1. The highest BCUT2D eigenvalue weighted by molar-refractivity contribution is 6.31. The number of carbonyl (C=O) groups is 2. The first-order valence-electron chi connectivity index (χ1n) is 13.4. The second-order valence-electron chi connectivity index (χ2n) is 9.92. The van der Waals surface area contributed by atoms with E-state index in [1.165, 1.54) is 18.1 Å². The number of halogens is 1. The molecule has 1 amide bonds. The molecule has 1 heterocycles. The minimum Gasteiger partial charge on any atom is -0.478 e. The third-order valence-corrected chi connectivity index (χ3v) is 7.09. The van der Waals surface area contributed by atoms with Crippen molar-refractivity contribution in [2.24, 2.45) is 0 Å². The number of hydrogen-bond donors (Lipinski definition) is 2. The summed E-state index contributed by atoms with van der Waals surface area (Å²) in [5.41, 5.74) is 7.46. The summed E-state index contributed by atoms with van der Waals surface area (Å²) in [7, 11) is 0. The molecule has 0 radical (unpaired) electrons. The predicted molar refractivity (Wildman–Crippen MR) is 166 cm³/mol. The van der Waals surface area contributed by atoms with Gasteiger partial charge in [-0.05, 0) is 77.1 Å². The molecule has 6 rings (SSSR count). The first kappa shape index (κ1) is 27.8. The Labute approximate surface area is 244 Å². The average Bonchev–Trinajstić information content (AvgIpc) is 3.57. The average molecular weight is 561 g/mol. The number of nitrogens with one attached hydrogen (secondary N) is 1. The maximum atomic E-state index is 11.8. The summed E-state index contributed by atoms with van der Waals surface area (Å²) in [6.45, 7) is 1.44. The lowest BCUT2D eigenvalue weighted by molar-refractivity contribution is -0.119. The van der Waals surface area contributed by atoms with Gasteiger partial charge in [-0.3, -0.25) is 4.79 Å². The van der Waals surface area contributed by atoms with Crippen LogP contribution in [-0.2, 0) is 11.2 Å². The third kappa shape index (κ3) is 7.47. The molecule has 0 bridgehead atoms. The molecule has 6 heteroatoms. The van der Waals surface area contributed by atoms with E-state index in [2.05, 4.69) is 40.6 Å². The Balaban J connectivity index is 0.000000490. The summed E-state index contributed by atoms with van der Waals surface area (Å²) in [4.78, 5) is 28.1. The fourth-order valence-electron chi connectivity index (χ4n) is 4.77. The van der Waals surface area contributed by atoms with Crippen LogP contribution in [0.3, 0.4) is 0 Å². The monoisotopic (exact) mass is 560 g/mol. The Bertz CT molecular complexity index is 1740. The van der Waals surface area contributed by atoms with E-state index in [0.29, 0.717) is 23.4 Å². The molecule has 1 atom stereocenters. The van der Waals surface area contributed by atoms with Gasteiger partial charge in [-0.25, -0.2) is 9.78 Å². The van der Waals surface area contributed by atoms with Crippen molar-refractivity contribution >= 4 is 46.5 Å². The molecule has 4 aromatic rings. The molecule has 0 fully saturated rings. The van der Waals surface area contributed by atoms with E-state index in [1.54, 1.807) is 24.3 Å². The maximum absolute atomic E-state index is 11.8. The molecule has 2 aliphatic carbocycles. The van der Waals surface area contributed by atoms with Crippen LogP contribution in [0, 0.1) is 0 Å². The van der Waals surface area contributed by atoms with Crippen LogP contribution in [-0.4, -0.2) is 22.0 Å². The highest BCUT2D eigenvalue weighted by Gasteiger charge is 2.19. The van der Waals surface area contributed by atoms with Gasteiger partial charge in [-0.1, -0.05) is 90.5 Å². The highest BCUT2D eigenvalue weighted by Crippen LogP contribution is 2.32. The summed E-state index contributed by atoms with van der Waals surface area (Å²) < 4.78 is 0. The van der Waals surface area contributed by atoms with Gasteiger partial charge in [0.25, 0.3) is 0 Å². The Morgan fingerprint density at radius 2 is 1.63 bits per heavy atom. The highest BCUT2D eigenvalue weighted by atomic mass is 35.5. The smallest absolute Gasteiger partial charge is 0.336 e. The number of rotatable bonds is 8. The van der Waals surface area contributed by atoms with Crippen molar-refractivity contribution in [2.75, 3.05) is 0 Å². The van der Waals surface area contributed by atoms with Gasteiger partial charge < -0.3 is 10.4 Å². The van der Waals surface area contributed by atoms with Gasteiger partial charge in [0.1, 0.15) is 0 Å². The number of nitrogens with zero attached hydrogens (tertiary/aromatic N) is 1. The fourth-order valence-corrected chi connectivity index (χ4v) is 4.93. The molecular formula is C35H29ClN2O3. The van der Waals surface area contributed by atoms with E-state index in [0.717, 1.165) is 27.7 Å². The molecule has 0 spiro atoms. The zero-order chi connectivity index (χ0) is 28.8. The van der Waals surface area contributed by atoms with Crippen molar-refractivity contribution in [3.05, 3.63) is 136 Å². The lowest BCUT2D eigenvalue weighted by Gasteiger charge is -2.20. The van der Waals surface area contributed by atoms with Crippen molar-refractivity contribution < 1.29 is 14.7 Å². The lowest BCUT2D eigenvalue weighted by atomic mass is 9.94. The van der Waals surface area contributed by atoms with Crippen molar-refractivity contribution in [1.82, 2.24) is 10.3 Å². The number of amides is 1. The number of carbonyl (C=O) groups excluding carboxylic acids is 1. The first-order valence-corrected chi connectivity index (χ1v) is 13.8. The van der Waals surface area contributed by atoms with E-state index in [1.807, 2.05) is 60.7 Å². The van der Waals surface area contributed by atoms with Crippen molar-refractivity contribution in [3.8, 4) is 11.1 Å². The van der Waals surface area contributed by atoms with Crippen LogP contribution in [0.5, 0.6) is 0 Å². The molecule has 2 N–H and O–H groups in total. The van der Waals surface area contributed by atoms with E-state index in [9.17, 15) is 14.7 Å². The lowest BCUT2D eigenvalue weighted by Crippen LogP contribution is -2.28. The zero-order valence-electron chi connectivity index (χ0n) is 22.6. The summed E-state index contributed by atoms with van der Waals surface area (Å²) in [6, 6.07) is 32.6. The minimum atomic E-state index is -1.01. The number of aromatic carboxylic acids is 1. The van der Waals surface area contributed by atoms with Gasteiger partial charge in [0.15, 0.2) is 0 Å². The molecule has 1 unspecified atom stereocenters. The molecule has 41 heavy (non-hydrogen) atoms. The number of aryl methyl sites for hydroxylation is 1. The number of fused-ring (bicyclic) bond motifs is 2. The van der Waals surface area contributed by atoms with Crippen molar-refractivity contribution in [3.63, 3.8) is 0 Å². The Kier molecular flexibility index (Phi) is 8.56. The van der Waals surface area contributed by atoms with Crippen molar-refractivity contribution in [2.45, 2.75) is 25.8 Å². The summed E-state index contributed by atoms with van der Waals surface area (Å²) >= 11 is 6.09. The van der Waals surface area contributed by atoms with E-state index in [-0.39, 0.29) is 11.5 Å². The standard InChI is InChI=1S/C29H25ClN2O3.C6H4/c1-19(33)31-27(25-7-2-3-8-26(25)29(34)35)16-10-21-6-4-5-20(17-21)9-14-24-15-12-22-11-13-23(30)18-28(22)32-24;1-2-5-4-6(5)3-1/h2-9,11-15,17-18,27H,10,16H2,1H3,(H,31,33)(H,34,35);1-4H/b14-9+;. The van der Waals surface area contributed by atoms with Gasteiger partial charge in [0.2, 0.25) is 5.91 Å². The Morgan fingerprint density at radius 1 is 0.878 bits per heavy atom. The van der Waals surface area contributed by atoms with Gasteiger partial charge >= 0.3 is 5.97 Å². The topological polar surface area (TPSA) is 79.3 Å². The minimum absolute atomic E-state index is 0.198. The second-order valence-corrected chi connectivity index (χ2v) is 10.4. The van der Waals surface area contributed by atoms with Gasteiger partial charge in [0, 0.05) is 17.3 Å². The number of hydrogen-bond acceptors (Lipinski definition) is 3. The SMILES string of the molecule is CC(=O)NC(CCc1cccc(/C=C/c2ccc3ccc(Cl)cc3n2)c1)c1ccccc1C(=O)O.c1cc2cc-2c1. The number of aromatic nitrogens is 1. The van der Waals surface area contributed by atoms with Crippen LogP contribution in [0.1, 0.15) is 52.1 Å². The van der Waals surface area contributed by atoms with Crippen LogP contribution in [0.4, 0.5) is 0 Å². The quantitative estimate of drug-likeness (QED) is 0.196. The summed E-state index contributed by atoms with van der Waals surface area (Å²) in [5, 5.41) is 14.2. The third-order valence-electron chi connectivity index (χ3n) is 6.85. The molecule has 0 aliphatic heterocycles. The van der Waals surface area contributed by atoms with E-state index >= 15 is 0 Å². The first-order chi connectivity index (χ1) is 19.9. The largest absolute Gasteiger partial charge is 0.478 e. The molecule has 5 nitrogen and oxygen atoms in total. The normalized spacial score (nSPS) is 12.0. The molecule has 0 saturated carbocycles. The molecular weight excluding hydrogens is 532 g/mol. The summed E-state index contributed by atoms with van der Waals surface area (Å²) in [6.07, 6.45) is 5.22. The van der Waals surface area contributed by atoms with Crippen LogP contribution in [0.2, 0.25) is 5.02 Å². The van der Waals surface area contributed by atoms with Crippen LogP contribution < -0.4 is 5.32 Å². The maximum Gasteiger partial charge on any atom is 0.336 e. The molecule has 3 aromatic carbocycles. The molecule has 2 aliphatic rings. The number of carboxylic acids is 1. The fraction of sp³-hybridized carbons (Fsp3) is 0.114. The van der Waals surface area contributed by atoms with Crippen LogP contribution >= 0.6 is 11.6 Å². The number of benzene rings is 4.